The molecule has 2 rings (SSSR count). The van der Waals surface area contributed by atoms with Gasteiger partial charge in [0.05, 0.1) is 17.2 Å². The lowest BCUT2D eigenvalue weighted by Crippen LogP contribution is -1.90. The molecule has 0 aliphatic rings. The van der Waals surface area contributed by atoms with E-state index in [1.54, 1.807) is 11.3 Å². The van der Waals surface area contributed by atoms with Crippen LogP contribution >= 0.6 is 11.3 Å². The number of hydrogen-bond donors (Lipinski definition) is 1. The summed E-state index contributed by atoms with van der Waals surface area (Å²) in [7, 11) is 0. The Bertz CT molecular complexity index is 505. The number of aryl methyl sites for hydroxylation is 2. The summed E-state index contributed by atoms with van der Waals surface area (Å²) in [4.78, 5) is 5.67. The van der Waals surface area contributed by atoms with E-state index in [4.69, 9.17) is 0 Å². The Morgan fingerprint density at radius 1 is 1.29 bits per heavy atom. The second kappa shape index (κ2) is 5.43. The summed E-state index contributed by atoms with van der Waals surface area (Å²) in [6.07, 6.45) is 2.00. The molecule has 0 unspecified atom stereocenters. The van der Waals surface area contributed by atoms with E-state index >= 15 is 0 Å². The number of thiazole rings is 1. The van der Waals surface area contributed by atoms with Gasteiger partial charge in [-0.15, -0.1) is 11.3 Å². The summed E-state index contributed by atoms with van der Waals surface area (Å²) in [6, 6.07) is 8.24. The fourth-order valence-corrected chi connectivity index (χ4v) is 2.93. The fraction of sp³-hybridized carbons (Fsp3) is 0.357. The zero-order valence-corrected chi connectivity index (χ0v) is 11.0. The van der Waals surface area contributed by atoms with E-state index in [0.717, 1.165) is 28.4 Å². The molecule has 0 spiro atoms. The summed E-state index contributed by atoms with van der Waals surface area (Å²) in [5, 5.41) is 10.4. The van der Waals surface area contributed by atoms with Crippen molar-refractivity contribution < 1.29 is 5.11 Å². The molecule has 2 nitrogen and oxygen atoms in total. The highest BCUT2D eigenvalue weighted by Crippen LogP contribution is 2.30. The molecule has 3 heteroatoms. The van der Waals surface area contributed by atoms with Gasteiger partial charge in [-0.1, -0.05) is 37.6 Å². The Morgan fingerprint density at radius 3 is 2.71 bits per heavy atom. The van der Waals surface area contributed by atoms with Gasteiger partial charge in [0.25, 0.3) is 0 Å². The number of aromatic nitrogens is 1. The van der Waals surface area contributed by atoms with Gasteiger partial charge in [-0.25, -0.2) is 4.98 Å². The standard InChI is InChI=1S/C14H17NOS/c1-3-6-12-13(9-16)17-14(15-12)11-8-5-4-7-10(11)2/h4-5,7-8,16H,3,6,9H2,1-2H3. The zero-order valence-electron chi connectivity index (χ0n) is 10.2. The van der Waals surface area contributed by atoms with Gasteiger partial charge in [0.2, 0.25) is 0 Å². The lowest BCUT2D eigenvalue weighted by Gasteiger charge is -2.00. The van der Waals surface area contributed by atoms with Crippen molar-refractivity contribution in [2.45, 2.75) is 33.3 Å². The van der Waals surface area contributed by atoms with Crippen molar-refractivity contribution >= 4 is 11.3 Å². The van der Waals surface area contributed by atoms with Crippen molar-refractivity contribution in [3.05, 3.63) is 40.4 Å². The molecule has 0 saturated heterocycles. The number of nitrogens with zero attached hydrogens (tertiary/aromatic N) is 1. The van der Waals surface area contributed by atoms with Gasteiger partial charge in [-0.2, -0.15) is 0 Å². The average Bonchev–Trinajstić information content (AvgIpc) is 2.73. The van der Waals surface area contributed by atoms with Crippen LogP contribution in [0.4, 0.5) is 0 Å². The zero-order chi connectivity index (χ0) is 12.3. The number of aliphatic hydroxyl groups excluding tert-OH is 1. The molecule has 0 atom stereocenters. The highest BCUT2D eigenvalue weighted by Gasteiger charge is 2.12. The van der Waals surface area contributed by atoms with Gasteiger partial charge < -0.3 is 5.11 Å². The van der Waals surface area contributed by atoms with Gasteiger partial charge in [0.1, 0.15) is 5.01 Å². The van der Waals surface area contributed by atoms with Crippen LogP contribution in [0.3, 0.4) is 0 Å². The Kier molecular flexibility index (Phi) is 3.92. The average molecular weight is 247 g/mol. The predicted molar refractivity (Wildman–Crippen MR) is 72.2 cm³/mol. The first kappa shape index (κ1) is 12.3. The Morgan fingerprint density at radius 2 is 2.06 bits per heavy atom. The highest BCUT2D eigenvalue weighted by molar-refractivity contribution is 7.15. The normalized spacial score (nSPS) is 10.8. The van der Waals surface area contributed by atoms with Crippen molar-refractivity contribution in [3.63, 3.8) is 0 Å². The van der Waals surface area contributed by atoms with Crippen LogP contribution in [0.2, 0.25) is 0 Å². The van der Waals surface area contributed by atoms with E-state index in [-0.39, 0.29) is 6.61 Å². The van der Waals surface area contributed by atoms with Crippen LogP contribution < -0.4 is 0 Å². The second-order valence-electron chi connectivity index (χ2n) is 4.11. The third-order valence-electron chi connectivity index (χ3n) is 2.78. The number of rotatable bonds is 4. The largest absolute Gasteiger partial charge is 0.391 e. The summed E-state index contributed by atoms with van der Waals surface area (Å²) in [5.74, 6) is 0. The highest BCUT2D eigenvalue weighted by atomic mass is 32.1. The van der Waals surface area contributed by atoms with Gasteiger partial charge in [0, 0.05) is 5.56 Å². The molecule has 0 fully saturated rings. The van der Waals surface area contributed by atoms with Crippen molar-refractivity contribution in [3.8, 4) is 10.6 Å². The molecule has 0 aliphatic heterocycles. The lowest BCUT2D eigenvalue weighted by molar-refractivity contribution is 0.284. The van der Waals surface area contributed by atoms with E-state index in [0.29, 0.717) is 0 Å². The molecule has 0 amide bonds. The number of aliphatic hydroxyl groups is 1. The quantitative estimate of drug-likeness (QED) is 0.896. The van der Waals surface area contributed by atoms with Gasteiger partial charge in [-0.05, 0) is 18.9 Å². The molecule has 0 bridgehead atoms. The Balaban J connectivity index is 2.43. The lowest BCUT2D eigenvalue weighted by atomic mass is 10.1. The second-order valence-corrected chi connectivity index (χ2v) is 5.20. The summed E-state index contributed by atoms with van der Waals surface area (Å²) in [5.41, 5.74) is 3.46. The maximum Gasteiger partial charge on any atom is 0.124 e. The van der Waals surface area contributed by atoms with Crippen molar-refractivity contribution in [2.75, 3.05) is 0 Å². The predicted octanol–water partition coefficient (Wildman–Crippen LogP) is 3.56. The first-order valence-electron chi connectivity index (χ1n) is 5.91. The van der Waals surface area contributed by atoms with Crippen molar-refractivity contribution in [2.24, 2.45) is 0 Å². The summed E-state index contributed by atoms with van der Waals surface area (Å²) >= 11 is 1.61. The molecule has 1 N–H and O–H groups in total. The topological polar surface area (TPSA) is 33.1 Å². The van der Waals surface area contributed by atoms with Crippen LogP contribution in [-0.4, -0.2) is 10.1 Å². The minimum absolute atomic E-state index is 0.0961. The van der Waals surface area contributed by atoms with Crippen LogP contribution in [0, 0.1) is 6.92 Å². The maximum atomic E-state index is 9.35. The molecule has 0 radical (unpaired) electrons. The van der Waals surface area contributed by atoms with E-state index < -0.39 is 0 Å². The first-order chi connectivity index (χ1) is 8.26. The Labute approximate surface area is 106 Å². The van der Waals surface area contributed by atoms with E-state index in [1.165, 1.54) is 11.1 Å². The fourth-order valence-electron chi connectivity index (χ4n) is 1.87. The molecule has 17 heavy (non-hydrogen) atoms. The van der Waals surface area contributed by atoms with Gasteiger partial charge in [0.15, 0.2) is 0 Å². The van der Waals surface area contributed by atoms with Gasteiger partial charge >= 0.3 is 0 Å². The molecule has 90 valence electrons. The molecule has 1 aromatic carbocycles. The number of benzene rings is 1. The minimum atomic E-state index is 0.0961. The van der Waals surface area contributed by atoms with Crippen LogP contribution in [0.5, 0.6) is 0 Å². The van der Waals surface area contributed by atoms with Crippen LogP contribution in [0.25, 0.3) is 10.6 Å². The molecule has 1 aromatic heterocycles. The first-order valence-corrected chi connectivity index (χ1v) is 6.73. The van der Waals surface area contributed by atoms with Crippen LogP contribution in [0.15, 0.2) is 24.3 Å². The molecular formula is C14H17NOS. The van der Waals surface area contributed by atoms with Crippen LogP contribution in [-0.2, 0) is 13.0 Å². The monoisotopic (exact) mass is 247 g/mol. The SMILES string of the molecule is CCCc1nc(-c2ccccc2C)sc1CO. The van der Waals surface area contributed by atoms with Gasteiger partial charge in [-0.3, -0.25) is 0 Å². The third-order valence-corrected chi connectivity index (χ3v) is 3.90. The van der Waals surface area contributed by atoms with Crippen molar-refractivity contribution in [1.82, 2.24) is 4.98 Å². The Hall–Kier alpha value is -1.19. The van der Waals surface area contributed by atoms with E-state index in [2.05, 4.69) is 31.0 Å². The summed E-state index contributed by atoms with van der Waals surface area (Å²) in [6.45, 7) is 4.32. The maximum absolute atomic E-state index is 9.35. The molecule has 1 heterocycles. The van der Waals surface area contributed by atoms with Crippen molar-refractivity contribution in [1.29, 1.82) is 0 Å². The van der Waals surface area contributed by atoms with Crippen LogP contribution in [0.1, 0.15) is 29.5 Å². The van der Waals surface area contributed by atoms with E-state index in [1.807, 2.05) is 12.1 Å². The molecule has 0 saturated carbocycles. The third kappa shape index (κ3) is 2.56. The number of hydrogen-bond acceptors (Lipinski definition) is 3. The van der Waals surface area contributed by atoms with E-state index in [9.17, 15) is 5.11 Å². The summed E-state index contributed by atoms with van der Waals surface area (Å²) < 4.78 is 0. The smallest absolute Gasteiger partial charge is 0.124 e. The molecular weight excluding hydrogens is 230 g/mol. The minimum Gasteiger partial charge on any atom is -0.391 e. The molecule has 2 aromatic rings. The molecule has 0 aliphatic carbocycles.